The molecule has 1 aromatic rings. The Kier molecular flexibility index (Phi) is 5.44. The average Bonchev–Trinajstić information content (AvgIpc) is 2.57. The Balaban J connectivity index is 2.42. The van der Waals surface area contributed by atoms with E-state index in [9.17, 15) is 14.7 Å². The number of ether oxygens (including phenoxy) is 3. The molecule has 1 amide bonds. The van der Waals surface area contributed by atoms with Crippen LogP contribution in [0.15, 0.2) is 12.1 Å². The van der Waals surface area contributed by atoms with Gasteiger partial charge in [0.2, 0.25) is 0 Å². The van der Waals surface area contributed by atoms with Gasteiger partial charge in [-0.25, -0.2) is 4.79 Å². The molecule has 7 nitrogen and oxygen atoms in total. The van der Waals surface area contributed by atoms with E-state index in [1.807, 2.05) is 6.92 Å². The van der Waals surface area contributed by atoms with E-state index in [-0.39, 0.29) is 19.1 Å². The van der Waals surface area contributed by atoms with Crippen molar-refractivity contribution < 1.29 is 28.9 Å². The molecule has 126 valence electrons. The smallest absolute Gasteiger partial charge is 0.328 e. The lowest BCUT2D eigenvalue weighted by molar-refractivity contribution is -0.146. The Morgan fingerprint density at radius 1 is 1.48 bits per heavy atom. The molecule has 23 heavy (non-hydrogen) atoms. The van der Waals surface area contributed by atoms with E-state index in [4.69, 9.17) is 14.2 Å². The van der Waals surface area contributed by atoms with E-state index in [2.05, 4.69) is 0 Å². The fraction of sp³-hybridized carbons (Fsp3) is 0.500. The molecule has 1 aliphatic rings. The minimum Gasteiger partial charge on any atom is -0.493 e. The molecule has 1 N–H and O–H groups in total. The van der Waals surface area contributed by atoms with Crippen molar-refractivity contribution in [3.05, 3.63) is 17.7 Å². The number of methoxy groups -OCH3 is 1. The van der Waals surface area contributed by atoms with Crippen LogP contribution >= 0.6 is 0 Å². The molecule has 0 aromatic heterocycles. The Bertz CT molecular complexity index is 600. The molecule has 0 aliphatic carbocycles. The van der Waals surface area contributed by atoms with Crippen molar-refractivity contribution in [1.82, 2.24) is 0 Å². The summed E-state index contributed by atoms with van der Waals surface area (Å²) in [6, 6.07) is 2.45. The number of anilines is 1. The Morgan fingerprint density at radius 2 is 2.22 bits per heavy atom. The second-order valence-corrected chi connectivity index (χ2v) is 5.20. The predicted octanol–water partition coefficient (Wildman–Crippen LogP) is 1.25. The van der Waals surface area contributed by atoms with Crippen molar-refractivity contribution in [2.24, 2.45) is 0 Å². The van der Waals surface area contributed by atoms with Crippen LogP contribution in [0.25, 0.3) is 0 Å². The fourth-order valence-electron chi connectivity index (χ4n) is 2.40. The zero-order valence-electron chi connectivity index (χ0n) is 13.5. The first kappa shape index (κ1) is 17.1. The van der Waals surface area contributed by atoms with E-state index in [0.717, 1.165) is 0 Å². The van der Waals surface area contributed by atoms with Gasteiger partial charge < -0.3 is 19.3 Å². The molecule has 0 fully saturated rings. The summed E-state index contributed by atoms with van der Waals surface area (Å²) < 4.78 is 15.8. The lowest BCUT2D eigenvalue weighted by Crippen LogP contribution is -2.48. The summed E-state index contributed by atoms with van der Waals surface area (Å²) in [6.07, 6.45) is 0.703. The van der Waals surface area contributed by atoms with E-state index in [0.29, 0.717) is 35.8 Å². The molecule has 1 aromatic carbocycles. The number of carbonyl (C=O) groups excluding carboxylic acids is 2. The van der Waals surface area contributed by atoms with Crippen LogP contribution in [-0.4, -0.2) is 43.3 Å². The molecule has 7 heteroatoms. The predicted molar refractivity (Wildman–Crippen MR) is 82.6 cm³/mol. The molecule has 1 atom stereocenters. The number of rotatable bonds is 6. The van der Waals surface area contributed by atoms with Crippen molar-refractivity contribution >= 4 is 17.6 Å². The Morgan fingerprint density at radius 3 is 2.83 bits per heavy atom. The maximum absolute atomic E-state index is 12.3. The van der Waals surface area contributed by atoms with E-state index >= 15 is 0 Å². The summed E-state index contributed by atoms with van der Waals surface area (Å²) >= 11 is 0. The number of benzene rings is 1. The van der Waals surface area contributed by atoms with Gasteiger partial charge in [-0.3, -0.25) is 9.69 Å². The minimum absolute atomic E-state index is 0.187. The van der Waals surface area contributed by atoms with Crippen LogP contribution in [0.3, 0.4) is 0 Å². The topological polar surface area (TPSA) is 85.3 Å². The Hall–Kier alpha value is -2.28. The molecule has 1 aliphatic heterocycles. The van der Waals surface area contributed by atoms with Gasteiger partial charge in [0.25, 0.3) is 5.91 Å². The van der Waals surface area contributed by atoms with Crippen LogP contribution in [0.1, 0.15) is 25.8 Å². The lowest BCUT2D eigenvalue weighted by atomic mass is 10.1. The summed E-state index contributed by atoms with van der Waals surface area (Å²) in [7, 11) is 1.47. The summed E-state index contributed by atoms with van der Waals surface area (Å²) in [4.78, 5) is 25.7. The highest BCUT2D eigenvalue weighted by Crippen LogP contribution is 2.42. The maximum atomic E-state index is 12.3. The summed E-state index contributed by atoms with van der Waals surface area (Å²) in [6.45, 7) is 3.39. The average molecular weight is 323 g/mol. The summed E-state index contributed by atoms with van der Waals surface area (Å²) in [5, 5.41) is 9.38. The van der Waals surface area contributed by atoms with Gasteiger partial charge in [0.15, 0.2) is 18.1 Å². The summed E-state index contributed by atoms with van der Waals surface area (Å²) in [5.74, 6) is -0.0605. The second kappa shape index (κ2) is 7.32. The monoisotopic (exact) mass is 323 g/mol. The van der Waals surface area contributed by atoms with Gasteiger partial charge in [-0.2, -0.15) is 0 Å². The third kappa shape index (κ3) is 3.39. The third-order valence-electron chi connectivity index (χ3n) is 3.54. The van der Waals surface area contributed by atoms with Gasteiger partial charge in [-0.15, -0.1) is 0 Å². The molecule has 0 saturated carbocycles. The zero-order chi connectivity index (χ0) is 17.0. The largest absolute Gasteiger partial charge is 0.493 e. The number of hydrogen-bond donors (Lipinski definition) is 1. The normalized spacial score (nSPS) is 14.8. The van der Waals surface area contributed by atoms with Gasteiger partial charge in [0, 0.05) is 0 Å². The first-order chi connectivity index (χ1) is 11.0. The number of aliphatic hydroxyl groups is 1. The van der Waals surface area contributed by atoms with Crippen molar-refractivity contribution in [2.45, 2.75) is 32.9 Å². The molecule has 0 bridgehead atoms. The van der Waals surface area contributed by atoms with E-state index in [1.54, 1.807) is 19.1 Å². The highest BCUT2D eigenvalue weighted by Gasteiger charge is 2.35. The number of aliphatic hydroxyl groups excluding tert-OH is 1. The Labute approximate surface area is 134 Å². The second-order valence-electron chi connectivity index (χ2n) is 5.20. The van der Waals surface area contributed by atoms with Crippen LogP contribution < -0.4 is 14.4 Å². The van der Waals surface area contributed by atoms with Crippen LogP contribution in [0.2, 0.25) is 0 Å². The number of hydrogen-bond acceptors (Lipinski definition) is 6. The first-order valence-corrected chi connectivity index (χ1v) is 7.46. The van der Waals surface area contributed by atoms with Gasteiger partial charge in [-0.1, -0.05) is 6.92 Å². The van der Waals surface area contributed by atoms with Crippen molar-refractivity contribution in [1.29, 1.82) is 0 Å². The molecule has 0 saturated heterocycles. The number of carbonyl (C=O) groups is 2. The fourth-order valence-corrected chi connectivity index (χ4v) is 2.40. The summed E-state index contributed by atoms with van der Waals surface area (Å²) in [5.41, 5.74) is 0.948. The van der Waals surface area contributed by atoms with E-state index in [1.165, 1.54) is 12.0 Å². The first-order valence-electron chi connectivity index (χ1n) is 7.46. The van der Waals surface area contributed by atoms with Crippen LogP contribution in [0, 0.1) is 0 Å². The zero-order valence-corrected chi connectivity index (χ0v) is 13.5. The molecule has 1 unspecified atom stereocenters. The molecular weight excluding hydrogens is 302 g/mol. The molecule has 2 rings (SSSR count). The number of esters is 1. The quantitative estimate of drug-likeness (QED) is 0.793. The van der Waals surface area contributed by atoms with E-state index < -0.39 is 12.0 Å². The lowest BCUT2D eigenvalue weighted by Gasteiger charge is -2.33. The van der Waals surface area contributed by atoms with Gasteiger partial charge in [-0.05, 0) is 31.0 Å². The molecule has 1 heterocycles. The highest BCUT2D eigenvalue weighted by molar-refractivity contribution is 6.03. The number of fused-ring (bicyclic) bond motifs is 1. The van der Waals surface area contributed by atoms with Gasteiger partial charge in [0.05, 0.1) is 26.0 Å². The standard InChI is InChI=1S/C16H21NO6/c1-4-5-22-16(20)10(2)17-12-6-11(8-18)7-13(21-3)15(12)23-9-14(17)19/h6-7,10,18H,4-5,8-9H2,1-3H3. The SMILES string of the molecule is CCCOC(=O)C(C)N1C(=O)COc2c(OC)cc(CO)cc21. The molecular formula is C16H21NO6. The molecule has 0 radical (unpaired) electrons. The van der Waals surface area contributed by atoms with Crippen LogP contribution in [0.5, 0.6) is 11.5 Å². The number of amides is 1. The third-order valence-corrected chi connectivity index (χ3v) is 3.54. The number of nitrogens with zero attached hydrogens (tertiary/aromatic N) is 1. The minimum atomic E-state index is -0.796. The van der Waals surface area contributed by atoms with Crippen molar-refractivity contribution in [2.75, 3.05) is 25.2 Å². The van der Waals surface area contributed by atoms with Crippen molar-refractivity contribution in [3.63, 3.8) is 0 Å². The van der Waals surface area contributed by atoms with Crippen molar-refractivity contribution in [3.8, 4) is 11.5 Å². The van der Waals surface area contributed by atoms with Crippen LogP contribution in [-0.2, 0) is 20.9 Å². The highest BCUT2D eigenvalue weighted by atomic mass is 16.5. The van der Waals surface area contributed by atoms with Crippen LogP contribution in [0.4, 0.5) is 5.69 Å². The van der Waals surface area contributed by atoms with Gasteiger partial charge >= 0.3 is 5.97 Å². The maximum Gasteiger partial charge on any atom is 0.328 e. The van der Waals surface area contributed by atoms with Gasteiger partial charge in [0.1, 0.15) is 6.04 Å². The molecule has 0 spiro atoms.